The standard InChI is InChI=1S/C12H24N2S/c1-11-9-14(7-8-15-11)12(10-13)5-3-2-4-6-12/h11H,2-10,13H2,1H3. The average molecular weight is 228 g/mol. The second-order valence-corrected chi connectivity index (χ2v) is 6.66. The molecule has 88 valence electrons. The molecule has 0 aromatic heterocycles. The van der Waals surface area contributed by atoms with E-state index in [0.29, 0.717) is 5.54 Å². The van der Waals surface area contributed by atoms with Gasteiger partial charge in [0, 0.05) is 36.2 Å². The van der Waals surface area contributed by atoms with Crippen LogP contribution in [0.3, 0.4) is 0 Å². The molecule has 2 nitrogen and oxygen atoms in total. The molecule has 1 aliphatic heterocycles. The SMILES string of the molecule is CC1CN(C2(CN)CCCCC2)CCS1. The second kappa shape index (κ2) is 5.07. The predicted octanol–water partition coefficient (Wildman–Crippen LogP) is 2.09. The molecule has 1 saturated carbocycles. The maximum absolute atomic E-state index is 6.07. The van der Waals surface area contributed by atoms with Crippen LogP contribution in [-0.2, 0) is 0 Å². The van der Waals surface area contributed by atoms with E-state index in [2.05, 4.69) is 23.6 Å². The van der Waals surface area contributed by atoms with Crippen LogP contribution in [0.15, 0.2) is 0 Å². The minimum atomic E-state index is 0.369. The van der Waals surface area contributed by atoms with Gasteiger partial charge in [-0.15, -0.1) is 0 Å². The molecule has 0 radical (unpaired) electrons. The fraction of sp³-hybridized carbons (Fsp3) is 1.00. The Morgan fingerprint density at radius 3 is 2.67 bits per heavy atom. The van der Waals surface area contributed by atoms with E-state index in [1.54, 1.807) is 0 Å². The van der Waals surface area contributed by atoms with E-state index in [0.717, 1.165) is 11.8 Å². The lowest BCUT2D eigenvalue weighted by Crippen LogP contribution is -2.58. The number of thioether (sulfide) groups is 1. The molecule has 2 fully saturated rings. The van der Waals surface area contributed by atoms with Gasteiger partial charge in [0.25, 0.3) is 0 Å². The Balaban J connectivity index is 2.03. The van der Waals surface area contributed by atoms with Crippen molar-refractivity contribution in [3.05, 3.63) is 0 Å². The summed E-state index contributed by atoms with van der Waals surface area (Å²) in [5.74, 6) is 1.29. The summed E-state index contributed by atoms with van der Waals surface area (Å²) in [5.41, 5.74) is 6.43. The summed E-state index contributed by atoms with van der Waals surface area (Å²) >= 11 is 2.11. The van der Waals surface area contributed by atoms with Crippen molar-refractivity contribution in [3.63, 3.8) is 0 Å². The van der Waals surface area contributed by atoms with Gasteiger partial charge in [-0.05, 0) is 12.8 Å². The van der Waals surface area contributed by atoms with Gasteiger partial charge in [-0.3, -0.25) is 4.90 Å². The molecule has 0 bridgehead atoms. The molecule has 1 aliphatic carbocycles. The van der Waals surface area contributed by atoms with Crippen LogP contribution in [0.2, 0.25) is 0 Å². The van der Waals surface area contributed by atoms with Gasteiger partial charge in [-0.2, -0.15) is 11.8 Å². The molecule has 0 amide bonds. The molecule has 15 heavy (non-hydrogen) atoms. The largest absolute Gasteiger partial charge is 0.329 e. The molecule has 0 aromatic rings. The van der Waals surface area contributed by atoms with Crippen molar-refractivity contribution in [2.45, 2.75) is 49.8 Å². The first-order valence-corrected chi connectivity index (χ1v) is 7.38. The molecule has 0 aromatic carbocycles. The van der Waals surface area contributed by atoms with Crippen molar-refractivity contribution in [1.29, 1.82) is 0 Å². The quantitative estimate of drug-likeness (QED) is 0.785. The smallest absolute Gasteiger partial charge is 0.0332 e. The highest BCUT2D eigenvalue weighted by atomic mass is 32.2. The van der Waals surface area contributed by atoms with Gasteiger partial charge in [0.05, 0.1) is 0 Å². The number of nitrogens with zero attached hydrogens (tertiary/aromatic N) is 1. The van der Waals surface area contributed by atoms with Gasteiger partial charge in [-0.1, -0.05) is 26.2 Å². The monoisotopic (exact) mass is 228 g/mol. The van der Waals surface area contributed by atoms with E-state index in [1.807, 2.05) is 0 Å². The molecule has 2 aliphatic rings. The summed E-state index contributed by atoms with van der Waals surface area (Å²) in [6.45, 7) is 5.72. The molecule has 0 spiro atoms. The highest BCUT2D eigenvalue weighted by Crippen LogP contribution is 2.35. The fourth-order valence-corrected chi connectivity index (χ4v) is 4.12. The minimum Gasteiger partial charge on any atom is -0.329 e. The van der Waals surface area contributed by atoms with Crippen molar-refractivity contribution >= 4 is 11.8 Å². The number of hydrogen-bond acceptors (Lipinski definition) is 3. The number of rotatable bonds is 2. The molecule has 1 saturated heterocycles. The van der Waals surface area contributed by atoms with E-state index >= 15 is 0 Å². The Morgan fingerprint density at radius 1 is 1.33 bits per heavy atom. The highest BCUT2D eigenvalue weighted by Gasteiger charge is 2.38. The predicted molar refractivity (Wildman–Crippen MR) is 68.4 cm³/mol. The zero-order chi connectivity index (χ0) is 10.7. The van der Waals surface area contributed by atoms with Gasteiger partial charge in [0.15, 0.2) is 0 Å². The van der Waals surface area contributed by atoms with Crippen LogP contribution < -0.4 is 5.73 Å². The summed E-state index contributed by atoms with van der Waals surface area (Å²) in [7, 11) is 0. The third kappa shape index (κ3) is 2.51. The maximum Gasteiger partial charge on any atom is 0.0332 e. The van der Waals surface area contributed by atoms with Crippen LogP contribution in [-0.4, -0.2) is 41.1 Å². The lowest BCUT2D eigenvalue weighted by Gasteiger charge is -2.48. The van der Waals surface area contributed by atoms with Crippen LogP contribution in [0.1, 0.15) is 39.0 Å². The zero-order valence-electron chi connectivity index (χ0n) is 9.87. The van der Waals surface area contributed by atoms with E-state index in [4.69, 9.17) is 5.73 Å². The van der Waals surface area contributed by atoms with Gasteiger partial charge in [0.2, 0.25) is 0 Å². The van der Waals surface area contributed by atoms with Crippen molar-refractivity contribution in [3.8, 4) is 0 Å². The van der Waals surface area contributed by atoms with Gasteiger partial charge >= 0.3 is 0 Å². The third-order valence-corrected chi connectivity index (χ3v) is 5.21. The first kappa shape index (κ1) is 11.7. The topological polar surface area (TPSA) is 29.3 Å². The molecule has 2 N–H and O–H groups in total. The van der Waals surface area contributed by atoms with Crippen LogP contribution >= 0.6 is 11.8 Å². The van der Waals surface area contributed by atoms with Crippen LogP contribution in [0, 0.1) is 0 Å². The maximum atomic E-state index is 6.07. The molecule has 2 rings (SSSR count). The lowest BCUT2D eigenvalue weighted by molar-refractivity contribution is 0.0613. The Kier molecular flexibility index (Phi) is 3.97. The first-order valence-electron chi connectivity index (χ1n) is 6.33. The van der Waals surface area contributed by atoms with Gasteiger partial charge in [-0.25, -0.2) is 0 Å². The molecular weight excluding hydrogens is 204 g/mol. The minimum absolute atomic E-state index is 0.369. The first-order chi connectivity index (χ1) is 7.27. The number of hydrogen-bond donors (Lipinski definition) is 1. The summed E-state index contributed by atoms with van der Waals surface area (Å²) in [4.78, 5) is 2.70. The Hall–Kier alpha value is 0.270. The van der Waals surface area contributed by atoms with Gasteiger partial charge in [0.1, 0.15) is 0 Å². The fourth-order valence-electron chi connectivity index (χ4n) is 3.11. The van der Waals surface area contributed by atoms with Crippen LogP contribution in [0.4, 0.5) is 0 Å². The second-order valence-electron chi connectivity index (χ2n) is 5.12. The van der Waals surface area contributed by atoms with E-state index in [9.17, 15) is 0 Å². The van der Waals surface area contributed by atoms with Crippen molar-refractivity contribution in [1.82, 2.24) is 4.90 Å². The Morgan fingerprint density at radius 2 is 2.07 bits per heavy atom. The molecule has 3 heteroatoms. The summed E-state index contributed by atoms with van der Waals surface area (Å²) < 4.78 is 0. The summed E-state index contributed by atoms with van der Waals surface area (Å²) in [6, 6.07) is 0. The van der Waals surface area contributed by atoms with E-state index in [-0.39, 0.29) is 0 Å². The van der Waals surface area contributed by atoms with Crippen molar-refractivity contribution in [2.75, 3.05) is 25.4 Å². The zero-order valence-corrected chi connectivity index (χ0v) is 10.7. The van der Waals surface area contributed by atoms with Gasteiger partial charge < -0.3 is 5.73 Å². The normalized spacial score (nSPS) is 32.8. The van der Waals surface area contributed by atoms with Crippen LogP contribution in [0.5, 0.6) is 0 Å². The van der Waals surface area contributed by atoms with Crippen LogP contribution in [0.25, 0.3) is 0 Å². The summed E-state index contributed by atoms with van der Waals surface area (Å²) in [5, 5.41) is 0.795. The number of nitrogens with two attached hydrogens (primary N) is 1. The molecule has 1 atom stereocenters. The summed E-state index contributed by atoms with van der Waals surface area (Å²) in [6.07, 6.45) is 6.85. The van der Waals surface area contributed by atoms with Crippen molar-refractivity contribution in [2.24, 2.45) is 5.73 Å². The highest BCUT2D eigenvalue weighted by molar-refractivity contribution is 7.99. The molecule has 1 heterocycles. The van der Waals surface area contributed by atoms with E-state index < -0.39 is 0 Å². The van der Waals surface area contributed by atoms with E-state index in [1.165, 1.54) is 50.9 Å². The van der Waals surface area contributed by atoms with Crippen molar-refractivity contribution < 1.29 is 0 Å². The Bertz CT molecular complexity index is 202. The molecule has 1 unspecified atom stereocenters. The third-order valence-electron chi connectivity index (χ3n) is 4.08. The molecular formula is C12H24N2S. The lowest BCUT2D eigenvalue weighted by atomic mass is 9.80. The average Bonchev–Trinajstić information content (AvgIpc) is 2.30. The Labute approximate surface area is 98.0 Å².